The lowest BCUT2D eigenvalue weighted by Crippen LogP contribution is -2.31. The molecular weight excluding hydrogens is 258 g/mol. The predicted octanol–water partition coefficient (Wildman–Crippen LogP) is 3.69. The van der Waals surface area contributed by atoms with E-state index in [-0.39, 0.29) is 5.91 Å². The van der Waals surface area contributed by atoms with Gasteiger partial charge in [-0.2, -0.15) is 0 Å². The van der Waals surface area contributed by atoms with E-state index in [1.807, 2.05) is 25.1 Å². The van der Waals surface area contributed by atoms with Crippen molar-refractivity contribution in [3.8, 4) is 0 Å². The monoisotopic (exact) mass is 279 g/mol. The lowest BCUT2D eigenvalue weighted by molar-refractivity contribution is 0.0944. The number of aryl methyl sites for hydroxylation is 2. The van der Waals surface area contributed by atoms with E-state index in [4.69, 9.17) is 11.6 Å². The van der Waals surface area contributed by atoms with Crippen LogP contribution in [-0.4, -0.2) is 18.3 Å². The minimum Gasteiger partial charge on any atom is -0.352 e. The molecule has 2 nitrogen and oxygen atoms in total. The second-order valence-corrected chi connectivity index (χ2v) is 5.92. The molecule has 1 amide bonds. The van der Waals surface area contributed by atoms with Crippen molar-refractivity contribution >= 4 is 17.5 Å². The molecule has 0 aromatic heterocycles. The van der Waals surface area contributed by atoms with Crippen molar-refractivity contribution < 1.29 is 4.79 Å². The Bertz CT molecular complexity index is 458. The van der Waals surface area contributed by atoms with Gasteiger partial charge in [0, 0.05) is 18.0 Å². The Labute approximate surface area is 120 Å². The summed E-state index contributed by atoms with van der Waals surface area (Å²) in [7, 11) is 0. The van der Waals surface area contributed by atoms with Crippen LogP contribution in [0.3, 0.4) is 0 Å². The van der Waals surface area contributed by atoms with Crippen molar-refractivity contribution in [1.82, 2.24) is 5.32 Å². The number of halogens is 1. The highest BCUT2D eigenvalue weighted by Crippen LogP contribution is 2.31. The minimum absolute atomic E-state index is 0.0309. The van der Waals surface area contributed by atoms with Crippen LogP contribution in [0.2, 0.25) is 0 Å². The average Bonchev–Trinajstić information content (AvgIpc) is 2.86. The molecule has 0 aliphatic heterocycles. The highest BCUT2D eigenvalue weighted by Gasteiger charge is 2.26. The van der Waals surface area contributed by atoms with Gasteiger partial charge in [0.15, 0.2) is 0 Å². The van der Waals surface area contributed by atoms with Gasteiger partial charge >= 0.3 is 0 Å². The van der Waals surface area contributed by atoms with Crippen LogP contribution in [0.1, 0.15) is 40.7 Å². The van der Waals surface area contributed by atoms with E-state index in [1.54, 1.807) is 0 Å². The Balaban J connectivity index is 1.92. The minimum atomic E-state index is 0.0309. The summed E-state index contributed by atoms with van der Waals surface area (Å²) in [6.45, 7) is 4.84. The van der Waals surface area contributed by atoms with Crippen molar-refractivity contribution in [1.29, 1.82) is 0 Å². The number of nitrogens with one attached hydrogen (secondary N) is 1. The molecule has 0 spiro atoms. The molecule has 1 saturated carbocycles. The molecule has 2 rings (SSSR count). The van der Waals surface area contributed by atoms with E-state index in [9.17, 15) is 4.79 Å². The predicted molar refractivity (Wildman–Crippen MR) is 79.8 cm³/mol. The molecule has 104 valence electrons. The molecular formula is C16H22ClNO. The number of alkyl halides is 1. The maximum atomic E-state index is 12.1. The van der Waals surface area contributed by atoms with Crippen LogP contribution in [0, 0.1) is 25.7 Å². The first-order valence-electron chi connectivity index (χ1n) is 7.03. The Hall–Kier alpha value is -1.02. The molecule has 1 N–H and O–H groups in total. The van der Waals surface area contributed by atoms with Gasteiger partial charge in [0.1, 0.15) is 0 Å². The fourth-order valence-electron chi connectivity index (χ4n) is 2.79. The summed E-state index contributed by atoms with van der Waals surface area (Å²) in [6.07, 6.45) is 3.62. The van der Waals surface area contributed by atoms with Crippen LogP contribution < -0.4 is 5.32 Å². The first kappa shape index (κ1) is 14.4. The van der Waals surface area contributed by atoms with E-state index in [2.05, 4.69) is 12.2 Å². The second-order valence-electron chi connectivity index (χ2n) is 5.61. The first-order chi connectivity index (χ1) is 9.11. The summed E-state index contributed by atoms with van der Waals surface area (Å²) in [6, 6.07) is 5.85. The van der Waals surface area contributed by atoms with Gasteiger partial charge in [-0.1, -0.05) is 12.5 Å². The van der Waals surface area contributed by atoms with Crippen molar-refractivity contribution in [3.05, 3.63) is 34.9 Å². The standard InChI is InChI=1S/C16H22ClNO/c1-11-6-7-13(8-12(11)2)16(19)18-10-15-5-3-4-14(15)9-17/h6-8,14-15H,3-5,9-10H2,1-2H3,(H,18,19). The van der Waals surface area contributed by atoms with Gasteiger partial charge < -0.3 is 5.32 Å². The van der Waals surface area contributed by atoms with Crippen LogP contribution in [0.25, 0.3) is 0 Å². The van der Waals surface area contributed by atoms with Crippen molar-refractivity contribution in [2.24, 2.45) is 11.8 Å². The summed E-state index contributed by atoms with van der Waals surface area (Å²) in [5, 5.41) is 3.05. The maximum absolute atomic E-state index is 12.1. The zero-order valence-corrected chi connectivity index (χ0v) is 12.5. The zero-order chi connectivity index (χ0) is 13.8. The van der Waals surface area contributed by atoms with Crippen LogP contribution in [0.4, 0.5) is 0 Å². The molecule has 1 fully saturated rings. The lowest BCUT2D eigenvalue weighted by atomic mass is 9.98. The van der Waals surface area contributed by atoms with Gasteiger partial charge in [-0.15, -0.1) is 11.6 Å². The number of benzene rings is 1. The smallest absolute Gasteiger partial charge is 0.251 e. The van der Waals surface area contributed by atoms with E-state index in [1.165, 1.54) is 24.8 Å². The topological polar surface area (TPSA) is 29.1 Å². The molecule has 0 radical (unpaired) electrons. The van der Waals surface area contributed by atoms with E-state index < -0.39 is 0 Å². The molecule has 3 heteroatoms. The molecule has 1 aliphatic carbocycles. The van der Waals surface area contributed by atoms with Gasteiger partial charge in [-0.25, -0.2) is 0 Å². The van der Waals surface area contributed by atoms with Crippen LogP contribution in [0.5, 0.6) is 0 Å². The summed E-state index contributed by atoms with van der Waals surface area (Å²) in [5.41, 5.74) is 3.13. The van der Waals surface area contributed by atoms with Crippen LogP contribution in [-0.2, 0) is 0 Å². The Morgan fingerprint density at radius 3 is 2.68 bits per heavy atom. The van der Waals surface area contributed by atoms with Crippen LogP contribution >= 0.6 is 11.6 Å². The average molecular weight is 280 g/mol. The lowest BCUT2D eigenvalue weighted by Gasteiger charge is -2.17. The number of carbonyl (C=O) groups is 1. The summed E-state index contributed by atoms with van der Waals surface area (Å²) in [5.74, 6) is 1.86. The molecule has 0 heterocycles. The van der Waals surface area contributed by atoms with E-state index in [0.29, 0.717) is 17.7 Å². The van der Waals surface area contributed by atoms with Crippen molar-refractivity contribution in [3.63, 3.8) is 0 Å². The van der Waals surface area contributed by atoms with Gasteiger partial charge in [0.2, 0.25) is 0 Å². The molecule has 0 saturated heterocycles. The molecule has 1 aromatic carbocycles. The quantitative estimate of drug-likeness (QED) is 0.837. The molecule has 1 aromatic rings. The molecule has 2 atom stereocenters. The number of hydrogen-bond donors (Lipinski definition) is 1. The van der Waals surface area contributed by atoms with Gasteiger partial charge in [0.05, 0.1) is 0 Å². The normalized spacial score (nSPS) is 22.5. The van der Waals surface area contributed by atoms with Gasteiger partial charge in [0.25, 0.3) is 5.91 Å². The highest BCUT2D eigenvalue weighted by atomic mass is 35.5. The first-order valence-corrected chi connectivity index (χ1v) is 7.56. The third-order valence-electron chi connectivity index (χ3n) is 4.31. The Morgan fingerprint density at radius 1 is 1.26 bits per heavy atom. The number of rotatable bonds is 4. The molecule has 19 heavy (non-hydrogen) atoms. The maximum Gasteiger partial charge on any atom is 0.251 e. The van der Waals surface area contributed by atoms with Crippen molar-refractivity contribution in [2.75, 3.05) is 12.4 Å². The second kappa shape index (κ2) is 6.42. The van der Waals surface area contributed by atoms with E-state index >= 15 is 0 Å². The fourth-order valence-corrected chi connectivity index (χ4v) is 3.20. The fraction of sp³-hybridized carbons (Fsp3) is 0.562. The number of amides is 1. The number of hydrogen-bond acceptors (Lipinski definition) is 1. The number of carbonyl (C=O) groups excluding carboxylic acids is 1. The van der Waals surface area contributed by atoms with Gasteiger partial charge in [-0.3, -0.25) is 4.79 Å². The zero-order valence-electron chi connectivity index (χ0n) is 11.7. The SMILES string of the molecule is Cc1ccc(C(=O)NCC2CCCC2CCl)cc1C. The Morgan fingerprint density at radius 2 is 2.00 bits per heavy atom. The van der Waals surface area contributed by atoms with Crippen molar-refractivity contribution in [2.45, 2.75) is 33.1 Å². The molecule has 0 bridgehead atoms. The van der Waals surface area contributed by atoms with Gasteiger partial charge in [-0.05, 0) is 61.8 Å². The largest absolute Gasteiger partial charge is 0.352 e. The highest BCUT2D eigenvalue weighted by molar-refractivity contribution is 6.18. The molecule has 2 unspecified atom stereocenters. The summed E-state index contributed by atoms with van der Waals surface area (Å²) >= 11 is 5.96. The summed E-state index contributed by atoms with van der Waals surface area (Å²) in [4.78, 5) is 12.1. The third kappa shape index (κ3) is 3.50. The van der Waals surface area contributed by atoms with E-state index in [0.717, 1.165) is 17.7 Å². The molecule has 1 aliphatic rings. The Kier molecular flexibility index (Phi) is 4.87. The van der Waals surface area contributed by atoms with Crippen LogP contribution in [0.15, 0.2) is 18.2 Å². The summed E-state index contributed by atoms with van der Waals surface area (Å²) < 4.78 is 0. The third-order valence-corrected chi connectivity index (χ3v) is 4.70.